The summed E-state index contributed by atoms with van der Waals surface area (Å²) in [4.78, 5) is 14.7. The zero-order valence-electron chi connectivity index (χ0n) is 18.2. The number of hydrogen-bond donors (Lipinski definition) is 3. The summed E-state index contributed by atoms with van der Waals surface area (Å²) in [6.45, 7) is 7.63. The topological polar surface area (TPSA) is 74.9 Å². The molecule has 0 unspecified atom stereocenters. The number of carbonyl (C=O) groups is 1. The van der Waals surface area contributed by atoms with Crippen molar-refractivity contribution in [2.24, 2.45) is 0 Å². The number of benzene rings is 2. The van der Waals surface area contributed by atoms with Gasteiger partial charge < -0.3 is 14.8 Å². The molecular formula is C23H29ClN4O3S. The molecule has 0 radical (unpaired) electrons. The molecule has 1 amide bonds. The van der Waals surface area contributed by atoms with E-state index in [1.165, 1.54) is 0 Å². The molecule has 0 atom stereocenters. The second-order valence-electron chi connectivity index (χ2n) is 7.54. The largest absolute Gasteiger partial charge is 0.489 e. The second kappa shape index (κ2) is 12.6. The number of morpholine rings is 1. The zero-order valence-corrected chi connectivity index (χ0v) is 19.7. The Morgan fingerprint density at radius 3 is 2.62 bits per heavy atom. The van der Waals surface area contributed by atoms with Crippen LogP contribution in [0, 0.1) is 6.92 Å². The van der Waals surface area contributed by atoms with Gasteiger partial charge in [-0.05, 0) is 73.6 Å². The average Bonchev–Trinajstić information content (AvgIpc) is 2.82. The molecule has 0 saturated carbocycles. The number of thiocarbonyl (C=S) groups is 1. The average molecular weight is 477 g/mol. The fraction of sp³-hybridized carbons (Fsp3) is 0.391. The highest BCUT2D eigenvalue weighted by atomic mass is 35.5. The third kappa shape index (κ3) is 7.94. The summed E-state index contributed by atoms with van der Waals surface area (Å²) in [6.07, 6.45) is 0.967. The van der Waals surface area contributed by atoms with Gasteiger partial charge in [-0.3, -0.25) is 20.5 Å². The number of aryl methyl sites for hydroxylation is 1. The van der Waals surface area contributed by atoms with Crippen LogP contribution in [0.3, 0.4) is 0 Å². The summed E-state index contributed by atoms with van der Waals surface area (Å²) in [7, 11) is 0. The van der Waals surface area contributed by atoms with Gasteiger partial charge in [0.25, 0.3) is 5.91 Å². The molecular weight excluding hydrogens is 448 g/mol. The first kappa shape index (κ1) is 24.3. The van der Waals surface area contributed by atoms with Crippen LogP contribution in [0.25, 0.3) is 0 Å². The minimum atomic E-state index is -0.261. The van der Waals surface area contributed by atoms with E-state index in [1.807, 2.05) is 37.3 Å². The number of nitrogens with zero attached hydrogens (tertiary/aromatic N) is 1. The van der Waals surface area contributed by atoms with E-state index in [0.29, 0.717) is 22.3 Å². The molecule has 1 fully saturated rings. The maximum Gasteiger partial charge on any atom is 0.269 e. The highest BCUT2D eigenvalue weighted by molar-refractivity contribution is 7.80. The van der Waals surface area contributed by atoms with Crippen LogP contribution in [0.2, 0.25) is 5.02 Å². The Morgan fingerprint density at radius 1 is 1.16 bits per heavy atom. The highest BCUT2D eigenvalue weighted by Crippen LogP contribution is 2.21. The molecule has 3 rings (SSSR count). The number of nitrogens with one attached hydrogen (secondary N) is 3. The number of carbonyl (C=O) groups excluding carboxylic acids is 1. The maximum absolute atomic E-state index is 12.3. The van der Waals surface area contributed by atoms with Gasteiger partial charge in [0.05, 0.1) is 13.2 Å². The van der Waals surface area contributed by atoms with Crippen molar-refractivity contribution in [2.75, 3.05) is 39.4 Å². The molecule has 0 aliphatic carbocycles. The standard InChI is InChI=1S/C23H29ClN4O3S/c1-17-15-20(7-8-21(17)24)31-16-18-3-5-19(6-4-18)22(29)26-27-23(32)25-9-2-10-28-11-13-30-14-12-28/h3-8,15H,2,9-14,16H2,1H3,(H,26,29)(H2,25,27,32). The number of hydrazine groups is 1. The molecule has 172 valence electrons. The molecule has 0 spiro atoms. The predicted molar refractivity (Wildman–Crippen MR) is 130 cm³/mol. The Hall–Kier alpha value is -2.39. The molecule has 2 aromatic rings. The number of ether oxygens (including phenoxy) is 2. The first-order valence-corrected chi connectivity index (χ1v) is 11.4. The minimum absolute atomic E-state index is 0.261. The molecule has 3 N–H and O–H groups in total. The van der Waals surface area contributed by atoms with E-state index in [1.54, 1.807) is 12.1 Å². The van der Waals surface area contributed by atoms with Crippen molar-refractivity contribution in [3.8, 4) is 5.75 Å². The predicted octanol–water partition coefficient (Wildman–Crippen LogP) is 3.06. The van der Waals surface area contributed by atoms with Gasteiger partial charge in [-0.2, -0.15) is 0 Å². The molecule has 0 aromatic heterocycles. The molecule has 9 heteroatoms. The Bertz CT molecular complexity index is 905. The summed E-state index contributed by atoms with van der Waals surface area (Å²) < 4.78 is 11.1. The molecule has 1 saturated heterocycles. The molecule has 1 aliphatic heterocycles. The minimum Gasteiger partial charge on any atom is -0.489 e. The highest BCUT2D eigenvalue weighted by Gasteiger charge is 2.10. The molecule has 1 heterocycles. The van der Waals surface area contributed by atoms with Gasteiger partial charge >= 0.3 is 0 Å². The number of halogens is 1. The summed E-state index contributed by atoms with van der Waals surface area (Å²) in [5.74, 6) is 0.493. The van der Waals surface area contributed by atoms with Crippen LogP contribution in [-0.2, 0) is 11.3 Å². The van der Waals surface area contributed by atoms with Crippen molar-refractivity contribution >= 4 is 34.8 Å². The lowest BCUT2D eigenvalue weighted by molar-refractivity contribution is 0.0376. The van der Waals surface area contributed by atoms with Gasteiger partial charge in [0.15, 0.2) is 5.11 Å². The zero-order chi connectivity index (χ0) is 22.8. The van der Waals surface area contributed by atoms with Crippen LogP contribution >= 0.6 is 23.8 Å². The molecule has 1 aliphatic rings. The number of hydrogen-bond acceptors (Lipinski definition) is 5. The van der Waals surface area contributed by atoms with Crippen molar-refractivity contribution in [1.29, 1.82) is 0 Å². The van der Waals surface area contributed by atoms with Crippen molar-refractivity contribution in [2.45, 2.75) is 20.0 Å². The lowest BCUT2D eigenvalue weighted by atomic mass is 10.1. The fourth-order valence-electron chi connectivity index (χ4n) is 3.19. The van der Waals surface area contributed by atoms with Crippen LogP contribution in [0.1, 0.15) is 27.9 Å². The second-order valence-corrected chi connectivity index (χ2v) is 8.35. The van der Waals surface area contributed by atoms with Crippen LogP contribution in [0.15, 0.2) is 42.5 Å². The Morgan fingerprint density at radius 2 is 1.91 bits per heavy atom. The van der Waals surface area contributed by atoms with Gasteiger partial charge in [0.2, 0.25) is 0 Å². The van der Waals surface area contributed by atoms with Crippen LogP contribution < -0.4 is 20.9 Å². The first-order valence-electron chi connectivity index (χ1n) is 10.6. The third-order valence-electron chi connectivity index (χ3n) is 5.08. The quantitative estimate of drug-likeness (QED) is 0.307. The molecule has 7 nitrogen and oxygen atoms in total. The van der Waals surface area contributed by atoms with Crippen molar-refractivity contribution in [3.63, 3.8) is 0 Å². The first-order chi connectivity index (χ1) is 15.5. The number of amides is 1. The van der Waals surface area contributed by atoms with Gasteiger partial charge in [-0.25, -0.2) is 0 Å². The van der Waals surface area contributed by atoms with Gasteiger partial charge in [0, 0.05) is 30.2 Å². The SMILES string of the molecule is Cc1cc(OCc2ccc(C(=O)NNC(=S)NCCCN3CCOCC3)cc2)ccc1Cl. The van der Waals surface area contributed by atoms with Crippen LogP contribution in [0.5, 0.6) is 5.75 Å². The maximum atomic E-state index is 12.3. The lowest BCUT2D eigenvalue weighted by Gasteiger charge is -2.26. The molecule has 32 heavy (non-hydrogen) atoms. The monoisotopic (exact) mass is 476 g/mol. The van der Waals surface area contributed by atoms with Gasteiger partial charge in [-0.15, -0.1) is 0 Å². The number of rotatable bonds is 8. The van der Waals surface area contributed by atoms with Crippen LogP contribution in [-0.4, -0.2) is 55.3 Å². The fourth-order valence-corrected chi connectivity index (χ4v) is 3.46. The lowest BCUT2D eigenvalue weighted by Crippen LogP contribution is -2.47. The summed E-state index contributed by atoms with van der Waals surface area (Å²) in [5.41, 5.74) is 7.81. The van der Waals surface area contributed by atoms with Crippen molar-refractivity contribution in [3.05, 3.63) is 64.2 Å². The van der Waals surface area contributed by atoms with E-state index in [0.717, 1.165) is 62.7 Å². The summed E-state index contributed by atoms with van der Waals surface area (Å²) >= 11 is 11.3. The van der Waals surface area contributed by atoms with E-state index >= 15 is 0 Å². The summed E-state index contributed by atoms with van der Waals surface area (Å²) in [5, 5.41) is 4.20. The van der Waals surface area contributed by atoms with Gasteiger partial charge in [-0.1, -0.05) is 23.7 Å². The van der Waals surface area contributed by atoms with E-state index < -0.39 is 0 Å². The molecule has 0 bridgehead atoms. The van der Waals surface area contributed by atoms with E-state index in [9.17, 15) is 4.79 Å². The van der Waals surface area contributed by atoms with Crippen molar-refractivity contribution < 1.29 is 14.3 Å². The summed E-state index contributed by atoms with van der Waals surface area (Å²) in [6, 6.07) is 12.8. The van der Waals surface area contributed by atoms with Crippen LogP contribution in [0.4, 0.5) is 0 Å². The normalized spacial score (nSPS) is 13.9. The van der Waals surface area contributed by atoms with E-state index in [4.69, 9.17) is 33.3 Å². The third-order valence-corrected chi connectivity index (χ3v) is 5.75. The van der Waals surface area contributed by atoms with E-state index in [-0.39, 0.29) is 5.91 Å². The Balaban J connectivity index is 1.33. The van der Waals surface area contributed by atoms with Gasteiger partial charge in [0.1, 0.15) is 12.4 Å². The van der Waals surface area contributed by atoms with Crippen molar-refractivity contribution in [1.82, 2.24) is 21.1 Å². The Labute approximate surface area is 199 Å². The smallest absolute Gasteiger partial charge is 0.269 e. The Kier molecular flexibility index (Phi) is 9.55. The molecule has 2 aromatic carbocycles. The van der Waals surface area contributed by atoms with E-state index in [2.05, 4.69) is 21.1 Å².